The molecule has 1 aliphatic carbocycles. The van der Waals surface area contributed by atoms with E-state index in [-0.39, 0.29) is 0 Å². The van der Waals surface area contributed by atoms with E-state index in [1.165, 1.54) is 39.6 Å². The van der Waals surface area contributed by atoms with E-state index in [4.69, 9.17) is 0 Å². The third-order valence-electron chi connectivity index (χ3n) is 6.00. The molecule has 0 amide bonds. The van der Waals surface area contributed by atoms with Gasteiger partial charge in [0.25, 0.3) is 0 Å². The lowest BCUT2D eigenvalue weighted by atomic mass is 9.88. The Morgan fingerprint density at radius 1 is 0.727 bits per heavy atom. The van der Waals surface area contributed by atoms with Gasteiger partial charge < -0.3 is 0 Å². The number of nitrogens with one attached hydrogen (secondary N) is 1. The Bertz CT molecular complexity index is 1450. The number of benzene rings is 4. The van der Waals surface area contributed by atoms with E-state index < -0.39 is 10.0 Å². The van der Waals surface area contributed by atoms with Crippen LogP contribution in [0.15, 0.2) is 97.1 Å². The van der Waals surface area contributed by atoms with Crippen LogP contribution in [0.5, 0.6) is 0 Å². The maximum absolute atomic E-state index is 11.7. The Balaban J connectivity index is 1.70. The molecule has 1 N–H and O–H groups in total. The van der Waals surface area contributed by atoms with Gasteiger partial charge in [-0.2, -0.15) is 0 Å². The standard InChI is InChI=1S/C29H25NO2S/c1-33(31,32)30-24-13-7-9-21(19-24)20-29-26-14-6-5-12-23(26)17-18-28-25(15-8-16-27(28)29)22-10-3-2-4-11-22/h2-16,19-20,30H,17-18H2,1H3/b29-20-. The lowest BCUT2D eigenvalue weighted by Crippen LogP contribution is -2.09. The van der Waals surface area contributed by atoms with Gasteiger partial charge in [0.05, 0.1) is 6.26 Å². The first kappa shape index (κ1) is 21.2. The van der Waals surface area contributed by atoms with Crippen LogP contribution in [0, 0.1) is 0 Å². The molecular formula is C29H25NO2S. The van der Waals surface area contributed by atoms with Crippen molar-refractivity contribution in [1.29, 1.82) is 0 Å². The summed E-state index contributed by atoms with van der Waals surface area (Å²) >= 11 is 0. The highest BCUT2D eigenvalue weighted by atomic mass is 32.2. The average Bonchev–Trinajstić information content (AvgIpc) is 2.96. The number of hydrogen-bond donors (Lipinski definition) is 1. The summed E-state index contributed by atoms with van der Waals surface area (Å²) in [4.78, 5) is 0. The number of rotatable bonds is 4. The molecule has 0 saturated carbocycles. The molecule has 0 heterocycles. The lowest BCUT2D eigenvalue weighted by molar-refractivity contribution is 0.607. The maximum Gasteiger partial charge on any atom is 0.229 e. The number of hydrogen-bond acceptors (Lipinski definition) is 2. The molecule has 1 aliphatic rings. The number of aryl methyl sites for hydroxylation is 1. The smallest absolute Gasteiger partial charge is 0.229 e. The molecular weight excluding hydrogens is 426 g/mol. The van der Waals surface area contributed by atoms with Crippen LogP contribution in [0.4, 0.5) is 5.69 Å². The molecule has 0 saturated heterocycles. The first-order valence-electron chi connectivity index (χ1n) is 11.0. The molecule has 33 heavy (non-hydrogen) atoms. The molecule has 5 rings (SSSR count). The van der Waals surface area contributed by atoms with E-state index in [1.54, 1.807) is 6.07 Å². The van der Waals surface area contributed by atoms with Crippen molar-refractivity contribution in [3.8, 4) is 11.1 Å². The molecule has 0 atom stereocenters. The second kappa shape index (κ2) is 8.72. The zero-order valence-corrected chi connectivity index (χ0v) is 19.3. The highest BCUT2D eigenvalue weighted by Gasteiger charge is 2.20. The van der Waals surface area contributed by atoms with Crippen molar-refractivity contribution < 1.29 is 8.42 Å². The van der Waals surface area contributed by atoms with Gasteiger partial charge in [-0.15, -0.1) is 0 Å². The van der Waals surface area contributed by atoms with Gasteiger partial charge in [0.2, 0.25) is 10.0 Å². The van der Waals surface area contributed by atoms with Crippen molar-refractivity contribution >= 4 is 27.4 Å². The first-order chi connectivity index (χ1) is 16.0. The second-order valence-corrected chi connectivity index (χ2v) is 10.2. The van der Waals surface area contributed by atoms with Crippen LogP contribution in [0.25, 0.3) is 22.8 Å². The third kappa shape index (κ3) is 4.62. The van der Waals surface area contributed by atoms with E-state index in [0.717, 1.165) is 24.0 Å². The molecule has 0 unspecified atom stereocenters. The SMILES string of the molecule is CS(=O)(=O)Nc1cccc(/C=C2/c3ccccc3CCc3c2cccc3-c2ccccc2)c1. The first-order valence-corrected chi connectivity index (χ1v) is 12.9. The molecule has 4 aromatic rings. The van der Waals surface area contributed by atoms with Gasteiger partial charge in [-0.05, 0) is 75.6 Å². The topological polar surface area (TPSA) is 46.2 Å². The van der Waals surface area contributed by atoms with Crippen molar-refractivity contribution in [3.63, 3.8) is 0 Å². The van der Waals surface area contributed by atoms with Gasteiger partial charge >= 0.3 is 0 Å². The van der Waals surface area contributed by atoms with E-state index >= 15 is 0 Å². The van der Waals surface area contributed by atoms with Crippen LogP contribution < -0.4 is 4.72 Å². The quantitative estimate of drug-likeness (QED) is 0.390. The Labute approximate surface area is 195 Å². The molecule has 4 aromatic carbocycles. The third-order valence-corrected chi connectivity index (χ3v) is 6.61. The highest BCUT2D eigenvalue weighted by Crippen LogP contribution is 2.39. The van der Waals surface area contributed by atoms with E-state index in [2.05, 4.69) is 77.5 Å². The van der Waals surface area contributed by atoms with Gasteiger partial charge in [0.15, 0.2) is 0 Å². The molecule has 4 heteroatoms. The van der Waals surface area contributed by atoms with E-state index in [0.29, 0.717) is 5.69 Å². The van der Waals surface area contributed by atoms with Gasteiger partial charge in [0.1, 0.15) is 0 Å². The number of fused-ring (bicyclic) bond motifs is 2. The minimum Gasteiger partial charge on any atom is -0.284 e. The summed E-state index contributed by atoms with van der Waals surface area (Å²) in [5.41, 5.74) is 10.3. The number of sulfonamides is 1. The fourth-order valence-corrected chi connectivity index (χ4v) is 5.19. The fourth-order valence-electron chi connectivity index (χ4n) is 4.63. The summed E-state index contributed by atoms with van der Waals surface area (Å²) in [6.45, 7) is 0. The van der Waals surface area contributed by atoms with Gasteiger partial charge in [0, 0.05) is 5.69 Å². The fraction of sp³-hybridized carbons (Fsp3) is 0.103. The Morgan fingerprint density at radius 2 is 1.42 bits per heavy atom. The minimum absolute atomic E-state index is 0.562. The van der Waals surface area contributed by atoms with Crippen LogP contribution in [-0.2, 0) is 22.9 Å². The predicted molar refractivity (Wildman–Crippen MR) is 138 cm³/mol. The summed E-state index contributed by atoms with van der Waals surface area (Å²) in [6, 6.07) is 33.2. The van der Waals surface area contributed by atoms with Crippen molar-refractivity contribution in [2.75, 3.05) is 11.0 Å². The zero-order valence-electron chi connectivity index (χ0n) is 18.5. The molecule has 3 nitrogen and oxygen atoms in total. The molecule has 0 aromatic heterocycles. The van der Waals surface area contributed by atoms with Crippen molar-refractivity contribution in [1.82, 2.24) is 0 Å². The predicted octanol–water partition coefficient (Wildman–Crippen LogP) is 6.41. The maximum atomic E-state index is 11.7. The van der Waals surface area contributed by atoms with Crippen molar-refractivity contribution in [3.05, 3.63) is 125 Å². The monoisotopic (exact) mass is 451 g/mol. The van der Waals surface area contributed by atoms with Gasteiger partial charge in [-0.1, -0.05) is 84.9 Å². The van der Waals surface area contributed by atoms with Crippen LogP contribution in [0.2, 0.25) is 0 Å². The van der Waals surface area contributed by atoms with Crippen LogP contribution >= 0.6 is 0 Å². The Morgan fingerprint density at radius 3 is 2.24 bits per heavy atom. The lowest BCUT2D eigenvalue weighted by Gasteiger charge is -2.16. The average molecular weight is 452 g/mol. The van der Waals surface area contributed by atoms with Gasteiger partial charge in [-0.3, -0.25) is 4.72 Å². The molecule has 0 spiro atoms. The zero-order chi connectivity index (χ0) is 22.8. The summed E-state index contributed by atoms with van der Waals surface area (Å²) in [5, 5.41) is 0. The highest BCUT2D eigenvalue weighted by molar-refractivity contribution is 7.92. The summed E-state index contributed by atoms with van der Waals surface area (Å²) < 4.78 is 26.0. The van der Waals surface area contributed by atoms with Crippen LogP contribution in [0.1, 0.15) is 27.8 Å². The summed E-state index contributed by atoms with van der Waals surface area (Å²) in [7, 11) is -3.34. The molecule has 0 bridgehead atoms. The van der Waals surface area contributed by atoms with Gasteiger partial charge in [-0.25, -0.2) is 8.42 Å². The largest absolute Gasteiger partial charge is 0.284 e. The number of anilines is 1. The van der Waals surface area contributed by atoms with Crippen molar-refractivity contribution in [2.24, 2.45) is 0 Å². The van der Waals surface area contributed by atoms with Crippen LogP contribution in [0.3, 0.4) is 0 Å². The minimum atomic E-state index is -3.34. The second-order valence-electron chi connectivity index (χ2n) is 8.41. The van der Waals surface area contributed by atoms with Crippen LogP contribution in [-0.4, -0.2) is 14.7 Å². The van der Waals surface area contributed by atoms with Crippen molar-refractivity contribution in [2.45, 2.75) is 12.8 Å². The van der Waals surface area contributed by atoms with E-state index in [1.807, 2.05) is 24.3 Å². The molecule has 0 radical (unpaired) electrons. The Kier molecular flexibility index (Phi) is 5.61. The molecule has 164 valence electrons. The normalized spacial score (nSPS) is 14.3. The van der Waals surface area contributed by atoms with E-state index in [9.17, 15) is 8.42 Å². The molecule has 0 fully saturated rings. The Hall–Kier alpha value is -3.63. The summed E-state index contributed by atoms with van der Waals surface area (Å²) in [5.74, 6) is 0. The summed E-state index contributed by atoms with van der Waals surface area (Å²) in [6.07, 6.45) is 5.27. The molecule has 0 aliphatic heterocycles.